The molecule has 3 aromatic rings. The van der Waals surface area contributed by atoms with Gasteiger partial charge in [0.1, 0.15) is 17.1 Å². The number of ether oxygens (including phenoxy) is 3. The third kappa shape index (κ3) is 3.14. The van der Waals surface area contributed by atoms with Crippen LogP contribution in [0.1, 0.15) is 22.8 Å². The smallest absolute Gasteiger partial charge is 0.345 e. The second-order valence-electron chi connectivity index (χ2n) is 5.84. The molecule has 0 N–H and O–H groups in total. The Labute approximate surface area is 156 Å². The van der Waals surface area contributed by atoms with Gasteiger partial charge in [-0.1, -0.05) is 19.1 Å². The predicted octanol–water partition coefficient (Wildman–Crippen LogP) is 3.83. The Balaban J connectivity index is 2.43. The first-order valence-corrected chi connectivity index (χ1v) is 8.45. The van der Waals surface area contributed by atoms with Crippen molar-refractivity contribution in [2.75, 3.05) is 21.3 Å². The van der Waals surface area contributed by atoms with E-state index in [0.29, 0.717) is 28.0 Å². The summed E-state index contributed by atoms with van der Waals surface area (Å²) in [4.78, 5) is 25.4. The highest BCUT2D eigenvalue weighted by atomic mass is 16.5. The van der Waals surface area contributed by atoms with Crippen LogP contribution in [0.4, 0.5) is 0 Å². The van der Waals surface area contributed by atoms with Crippen LogP contribution in [-0.2, 0) is 11.2 Å². The van der Waals surface area contributed by atoms with Crippen molar-refractivity contribution < 1.29 is 23.4 Å². The van der Waals surface area contributed by atoms with Crippen LogP contribution in [0, 0.1) is 0 Å². The lowest BCUT2D eigenvalue weighted by atomic mass is 10.0. The Kier molecular flexibility index (Phi) is 5.16. The quantitative estimate of drug-likeness (QED) is 0.637. The van der Waals surface area contributed by atoms with Crippen LogP contribution in [0.3, 0.4) is 0 Å². The van der Waals surface area contributed by atoms with Gasteiger partial charge in [-0.3, -0.25) is 4.79 Å². The number of fused-ring (bicyclic) bond motifs is 1. The van der Waals surface area contributed by atoms with Gasteiger partial charge in [-0.15, -0.1) is 0 Å². The van der Waals surface area contributed by atoms with Gasteiger partial charge in [-0.05, 0) is 36.2 Å². The summed E-state index contributed by atoms with van der Waals surface area (Å²) in [5.74, 6) is 0.393. The van der Waals surface area contributed by atoms with E-state index in [1.54, 1.807) is 37.4 Å². The minimum absolute atomic E-state index is 0.0864. The van der Waals surface area contributed by atoms with Gasteiger partial charge < -0.3 is 18.6 Å². The summed E-state index contributed by atoms with van der Waals surface area (Å²) in [7, 11) is 4.29. The number of benzene rings is 2. The van der Waals surface area contributed by atoms with Gasteiger partial charge in [0, 0.05) is 0 Å². The molecule has 0 saturated carbocycles. The van der Waals surface area contributed by atoms with Gasteiger partial charge in [0.2, 0.25) is 5.43 Å². The molecule has 0 radical (unpaired) electrons. The van der Waals surface area contributed by atoms with Gasteiger partial charge in [-0.2, -0.15) is 0 Å². The van der Waals surface area contributed by atoms with Crippen molar-refractivity contribution in [3.05, 3.63) is 57.7 Å². The molecule has 0 fully saturated rings. The first-order chi connectivity index (χ1) is 13.0. The summed E-state index contributed by atoms with van der Waals surface area (Å²) in [5, 5.41) is 0.303. The second kappa shape index (κ2) is 7.53. The lowest BCUT2D eigenvalue weighted by Gasteiger charge is -2.15. The monoisotopic (exact) mass is 368 g/mol. The summed E-state index contributed by atoms with van der Waals surface area (Å²) in [6, 6.07) is 10.3. The molecule has 2 aromatic carbocycles. The van der Waals surface area contributed by atoms with Crippen LogP contribution in [0.15, 0.2) is 45.6 Å². The van der Waals surface area contributed by atoms with Gasteiger partial charge in [0.15, 0.2) is 11.3 Å². The number of para-hydroxylation sites is 1. The number of rotatable bonds is 5. The van der Waals surface area contributed by atoms with Gasteiger partial charge in [0.25, 0.3) is 0 Å². The molecule has 1 heterocycles. The molecule has 0 aliphatic heterocycles. The summed E-state index contributed by atoms with van der Waals surface area (Å²) in [5.41, 5.74) is 1.10. The third-order valence-electron chi connectivity index (χ3n) is 4.42. The zero-order valence-electron chi connectivity index (χ0n) is 15.6. The normalized spacial score (nSPS) is 10.7. The van der Waals surface area contributed by atoms with E-state index in [1.165, 1.54) is 14.2 Å². The van der Waals surface area contributed by atoms with E-state index in [4.69, 9.17) is 18.6 Å². The molecule has 0 amide bonds. The fourth-order valence-electron chi connectivity index (χ4n) is 3.03. The average Bonchev–Trinajstić information content (AvgIpc) is 2.72. The number of hydrogen-bond donors (Lipinski definition) is 0. The first kappa shape index (κ1) is 18.5. The van der Waals surface area contributed by atoms with Crippen molar-refractivity contribution in [2.24, 2.45) is 0 Å². The SMILES string of the molecule is CCc1cc(OC)c(-c2oc3ccccc3c(=O)c2C(=O)OC)cc1OC. The minimum atomic E-state index is -0.773. The van der Waals surface area contributed by atoms with E-state index in [2.05, 4.69) is 0 Å². The Bertz CT molecular complexity index is 1060. The first-order valence-electron chi connectivity index (χ1n) is 8.45. The van der Waals surface area contributed by atoms with Crippen LogP contribution in [0.25, 0.3) is 22.3 Å². The highest BCUT2D eigenvalue weighted by Gasteiger charge is 2.26. The second-order valence-corrected chi connectivity index (χ2v) is 5.84. The Morgan fingerprint density at radius 1 is 1.04 bits per heavy atom. The number of esters is 1. The molecule has 6 heteroatoms. The lowest BCUT2D eigenvalue weighted by molar-refractivity contribution is 0.0598. The van der Waals surface area contributed by atoms with Gasteiger partial charge in [-0.25, -0.2) is 4.79 Å². The number of carbonyl (C=O) groups is 1. The number of carbonyl (C=O) groups excluding carboxylic acids is 1. The van der Waals surface area contributed by atoms with Crippen molar-refractivity contribution in [3.8, 4) is 22.8 Å². The molecule has 3 rings (SSSR count). The molecule has 0 saturated heterocycles. The van der Waals surface area contributed by atoms with Gasteiger partial charge in [0.05, 0.1) is 32.3 Å². The van der Waals surface area contributed by atoms with Crippen LogP contribution < -0.4 is 14.9 Å². The molecular weight excluding hydrogens is 348 g/mol. The highest BCUT2D eigenvalue weighted by Crippen LogP contribution is 2.38. The van der Waals surface area contributed by atoms with Crippen molar-refractivity contribution in [1.82, 2.24) is 0 Å². The average molecular weight is 368 g/mol. The molecule has 0 unspecified atom stereocenters. The molecule has 0 atom stereocenters. The molecule has 0 spiro atoms. The molecule has 0 bridgehead atoms. The van der Waals surface area contributed by atoms with E-state index in [-0.39, 0.29) is 11.3 Å². The number of aryl methyl sites for hydroxylation is 1. The van der Waals surface area contributed by atoms with Gasteiger partial charge >= 0.3 is 5.97 Å². The zero-order valence-corrected chi connectivity index (χ0v) is 15.6. The topological polar surface area (TPSA) is 75.0 Å². The van der Waals surface area contributed by atoms with Crippen molar-refractivity contribution in [3.63, 3.8) is 0 Å². The highest BCUT2D eigenvalue weighted by molar-refractivity contribution is 5.99. The Hall–Kier alpha value is -3.28. The van der Waals surface area contributed by atoms with Crippen molar-refractivity contribution >= 4 is 16.9 Å². The van der Waals surface area contributed by atoms with E-state index in [9.17, 15) is 9.59 Å². The summed E-state index contributed by atoms with van der Waals surface area (Å²) in [6.45, 7) is 1.99. The molecule has 6 nitrogen and oxygen atoms in total. The molecular formula is C21H20O6. The van der Waals surface area contributed by atoms with Crippen molar-refractivity contribution in [2.45, 2.75) is 13.3 Å². The Morgan fingerprint density at radius 2 is 1.74 bits per heavy atom. The van der Waals surface area contributed by atoms with E-state index in [1.807, 2.05) is 13.0 Å². The summed E-state index contributed by atoms with van der Waals surface area (Å²) >= 11 is 0. The maximum Gasteiger partial charge on any atom is 0.345 e. The molecule has 27 heavy (non-hydrogen) atoms. The maximum atomic E-state index is 13.0. The van der Waals surface area contributed by atoms with E-state index < -0.39 is 11.4 Å². The Morgan fingerprint density at radius 3 is 2.37 bits per heavy atom. The third-order valence-corrected chi connectivity index (χ3v) is 4.42. The fourth-order valence-corrected chi connectivity index (χ4v) is 3.03. The van der Waals surface area contributed by atoms with E-state index >= 15 is 0 Å². The van der Waals surface area contributed by atoms with Crippen LogP contribution >= 0.6 is 0 Å². The maximum absolute atomic E-state index is 13.0. The van der Waals surface area contributed by atoms with E-state index in [0.717, 1.165) is 12.0 Å². The summed E-state index contributed by atoms with van der Waals surface area (Å²) in [6.07, 6.45) is 0.728. The lowest BCUT2D eigenvalue weighted by Crippen LogP contribution is -2.18. The van der Waals surface area contributed by atoms with Crippen LogP contribution in [-0.4, -0.2) is 27.3 Å². The zero-order chi connectivity index (χ0) is 19.6. The molecule has 0 aliphatic rings. The number of methoxy groups -OCH3 is 3. The minimum Gasteiger partial charge on any atom is -0.496 e. The molecule has 0 aliphatic carbocycles. The summed E-state index contributed by atoms with van der Waals surface area (Å²) < 4.78 is 21.7. The molecule has 1 aromatic heterocycles. The largest absolute Gasteiger partial charge is 0.496 e. The molecule has 140 valence electrons. The predicted molar refractivity (Wildman–Crippen MR) is 102 cm³/mol. The van der Waals surface area contributed by atoms with Crippen LogP contribution in [0.2, 0.25) is 0 Å². The van der Waals surface area contributed by atoms with Crippen molar-refractivity contribution in [1.29, 1.82) is 0 Å². The fraction of sp³-hybridized carbons (Fsp3) is 0.238. The van der Waals surface area contributed by atoms with Crippen LogP contribution in [0.5, 0.6) is 11.5 Å². The number of hydrogen-bond acceptors (Lipinski definition) is 6. The standard InChI is InChI=1S/C21H20O6/c1-5-12-10-17(25-3)14(11-16(12)24-2)20-18(21(23)26-4)19(22)13-8-6-7-9-15(13)27-20/h6-11H,5H2,1-4H3.